The molecule has 1 aromatic carbocycles. The number of amides is 1. The molecular weight excluding hydrogens is 336 g/mol. The minimum Gasteiger partial charge on any atom is -0.372 e. The minimum absolute atomic E-state index is 0.108. The number of hydrogen-bond donors (Lipinski definition) is 2. The summed E-state index contributed by atoms with van der Waals surface area (Å²) in [7, 11) is 0. The maximum atomic E-state index is 12.1. The second-order valence-corrected chi connectivity index (χ2v) is 7.11. The van der Waals surface area contributed by atoms with Gasteiger partial charge in [-0.15, -0.1) is 0 Å². The SMILES string of the molecule is CCCCCNC(=O)c1ccc(Nc2ccc(N3CCCCC3)cc2)cn1. The van der Waals surface area contributed by atoms with Crippen LogP contribution < -0.4 is 15.5 Å². The molecule has 2 aromatic rings. The average molecular weight is 367 g/mol. The number of aromatic nitrogens is 1. The lowest BCUT2D eigenvalue weighted by atomic mass is 10.1. The van der Waals surface area contributed by atoms with Crippen LogP contribution in [0, 0.1) is 0 Å². The van der Waals surface area contributed by atoms with Crippen molar-refractivity contribution in [2.75, 3.05) is 29.9 Å². The van der Waals surface area contributed by atoms with Crippen LogP contribution in [0.15, 0.2) is 42.6 Å². The van der Waals surface area contributed by atoms with Gasteiger partial charge in [-0.05, 0) is 62.1 Å². The van der Waals surface area contributed by atoms with Gasteiger partial charge < -0.3 is 15.5 Å². The number of carbonyl (C=O) groups excluding carboxylic acids is 1. The molecule has 0 unspecified atom stereocenters. The molecule has 2 N–H and O–H groups in total. The fourth-order valence-electron chi connectivity index (χ4n) is 3.34. The van der Waals surface area contributed by atoms with Crippen LogP contribution in [0.3, 0.4) is 0 Å². The van der Waals surface area contributed by atoms with Gasteiger partial charge in [-0.25, -0.2) is 4.98 Å². The van der Waals surface area contributed by atoms with Crippen molar-refractivity contribution in [2.24, 2.45) is 0 Å². The van der Waals surface area contributed by atoms with Crippen molar-refractivity contribution >= 4 is 23.0 Å². The number of anilines is 3. The Morgan fingerprint density at radius 3 is 2.41 bits per heavy atom. The zero-order valence-electron chi connectivity index (χ0n) is 16.2. The van der Waals surface area contributed by atoms with E-state index in [1.54, 1.807) is 12.3 Å². The lowest BCUT2D eigenvalue weighted by Gasteiger charge is -2.28. The lowest BCUT2D eigenvalue weighted by Crippen LogP contribution is -2.29. The maximum Gasteiger partial charge on any atom is 0.269 e. The lowest BCUT2D eigenvalue weighted by molar-refractivity contribution is 0.0948. The van der Waals surface area contributed by atoms with E-state index in [1.807, 2.05) is 6.07 Å². The molecule has 3 rings (SSSR count). The fraction of sp³-hybridized carbons (Fsp3) is 0.455. The molecule has 144 valence electrons. The second-order valence-electron chi connectivity index (χ2n) is 7.11. The number of hydrogen-bond acceptors (Lipinski definition) is 4. The fourth-order valence-corrected chi connectivity index (χ4v) is 3.34. The Morgan fingerprint density at radius 1 is 1.00 bits per heavy atom. The molecule has 0 bridgehead atoms. The van der Waals surface area contributed by atoms with Gasteiger partial charge in [0.15, 0.2) is 0 Å². The molecular formula is C22H30N4O. The zero-order chi connectivity index (χ0) is 18.9. The van der Waals surface area contributed by atoms with E-state index in [2.05, 4.69) is 51.7 Å². The van der Waals surface area contributed by atoms with Crippen molar-refractivity contribution in [1.82, 2.24) is 10.3 Å². The van der Waals surface area contributed by atoms with Gasteiger partial charge in [-0.1, -0.05) is 19.8 Å². The first-order chi connectivity index (χ1) is 13.3. The predicted octanol–water partition coefficient (Wildman–Crippen LogP) is 4.74. The van der Waals surface area contributed by atoms with Crippen molar-refractivity contribution in [3.8, 4) is 0 Å². The highest BCUT2D eigenvalue weighted by Gasteiger charge is 2.10. The van der Waals surface area contributed by atoms with Gasteiger partial charge in [-0.3, -0.25) is 4.79 Å². The van der Waals surface area contributed by atoms with Gasteiger partial charge in [-0.2, -0.15) is 0 Å². The van der Waals surface area contributed by atoms with Crippen molar-refractivity contribution in [3.63, 3.8) is 0 Å². The largest absolute Gasteiger partial charge is 0.372 e. The molecule has 2 heterocycles. The quantitative estimate of drug-likeness (QED) is 0.663. The van der Waals surface area contributed by atoms with E-state index >= 15 is 0 Å². The van der Waals surface area contributed by atoms with E-state index in [4.69, 9.17) is 0 Å². The number of unbranched alkanes of at least 4 members (excludes halogenated alkanes) is 2. The molecule has 0 spiro atoms. The third-order valence-electron chi connectivity index (χ3n) is 4.94. The molecule has 5 nitrogen and oxygen atoms in total. The van der Waals surface area contributed by atoms with Gasteiger partial charge in [0.2, 0.25) is 0 Å². The summed E-state index contributed by atoms with van der Waals surface area (Å²) in [4.78, 5) is 18.8. The van der Waals surface area contributed by atoms with E-state index in [0.29, 0.717) is 12.2 Å². The number of pyridine rings is 1. The topological polar surface area (TPSA) is 57.3 Å². The number of rotatable bonds is 8. The Kier molecular flexibility index (Phi) is 7.08. The molecule has 1 aliphatic heterocycles. The molecule has 1 aliphatic rings. The van der Waals surface area contributed by atoms with E-state index in [9.17, 15) is 4.79 Å². The smallest absolute Gasteiger partial charge is 0.269 e. The van der Waals surface area contributed by atoms with Crippen LogP contribution in [-0.4, -0.2) is 30.5 Å². The zero-order valence-corrected chi connectivity index (χ0v) is 16.2. The minimum atomic E-state index is -0.108. The first kappa shape index (κ1) is 19.2. The Labute approximate surface area is 162 Å². The molecule has 0 aliphatic carbocycles. The molecule has 27 heavy (non-hydrogen) atoms. The summed E-state index contributed by atoms with van der Waals surface area (Å²) in [6, 6.07) is 12.2. The summed E-state index contributed by atoms with van der Waals surface area (Å²) >= 11 is 0. The first-order valence-electron chi connectivity index (χ1n) is 10.1. The van der Waals surface area contributed by atoms with Crippen molar-refractivity contribution in [3.05, 3.63) is 48.3 Å². The Balaban J connectivity index is 1.52. The van der Waals surface area contributed by atoms with Gasteiger partial charge >= 0.3 is 0 Å². The molecule has 0 saturated carbocycles. The van der Waals surface area contributed by atoms with E-state index < -0.39 is 0 Å². The Bertz CT molecular complexity index is 706. The number of nitrogens with zero attached hydrogens (tertiary/aromatic N) is 2. The number of benzene rings is 1. The third-order valence-corrected chi connectivity index (χ3v) is 4.94. The molecule has 1 fully saturated rings. The second kappa shape index (κ2) is 9.95. The summed E-state index contributed by atoms with van der Waals surface area (Å²) in [6.45, 7) is 5.16. The van der Waals surface area contributed by atoms with Crippen molar-refractivity contribution in [2.45, 2.75) is 45.4 Å². The van der Waals surface area contributed by atoms with Gasteiger partial charge in [0.05, 0.1) is 11.9 Å². The Morgan fingerprint density at radius 2 is 1.74 bits per heavy atom. The molecule has 5 heteroatoms. The molecule has 0 radical (unpaired) electrons. The third kappa shape index (κ3) is 5.71. The van der Waals surface area contributed by atoms with E-state index in [1.165, 1.54) is 24.9 Å². The van der Waals surface area contributed by atoms with E-state index in [0.717, 1.165) is 43.7 Å². The standard InChI is InChI=1S/C22H30N4O/c1-2-3-5-14-23-22(27)21-13-10-19(17-24-21)25-18-8-11-20(12-9-18)26-15-6-4-7-16-26/h8-13,17,25H,2-7,14-16H2,1H3,(H,23,27). The van der Waals surface area contributed by atoms with Crippen LogP contribution in [0.2, 0.25) is 0 Å². The highest BCUT2D eigenvalue weighted by Crippen LogP contribution is 2.23. The van der Waals surface area contributed by atoms with Crippen LogP contribution in [0.25, 0.3) is 0 Å². The maximum absolute atomic E-state index is 12.1. The van der Waals surface area contributed by atoms with Gasteiger partial charge in [0.1, 0.15) is 5.69 Å². The summed E-state index contributed by atoms with van der Waals surface area (Å²) in [5.41, 5.74) is 3.64. The van der Waals surface area contributed by atoms with Crippen LogP contribution in [0.5, 0.6) is 0 Å². The monoisotopic (exact) mass is 366 g/mol. The van der Waals surface area contributed by atoms with Gasteiger partial charge in [0.25, 0.3) is 5.91 Å². The number of piperidine rings is 1. The molecule has 0 atom stereocenters. The van der Waals surface area contributed by atoms with Crippen LogP contribution in [0.4, 0.5) is 17.1 Å². The Hall–Kier alpha value is -2.56. The van der Waals surface area contributed by atoms with Gasteiger partial charge in [0, 0.05) is 31.0 Å². The summed E-state index contributed by atoms with van der Waals surface area (Å²) in [5.74, 6) is -0.108. The van der Waals surface area contributed by atoms with Crippen LogP contribution in [0.1, 0.15) is 55.9 Å². The summed E-state index contributed by atoms with van der Waals surface area (Å²) in [5, 5.41) is 6.26. The van der Waals surface area contributed by atoms with Crippen molar-refractivity contribution < 1.29 is 4.79 Å². The normalized spacial score (nSPS) is 14.0. The van der Waals surface area contributed by atoms with Crippen molar-refractivity contribution in [1.29, 1.82) is 0 Å². The average Bonchev–Trinajstić information content (AvgIpc) is 2.73. The van der Waals surface area contributed by atoms with Crippen LogP contribution in [-0.2, 0) is 0 Å². The summed E-state index contributed by atoms with van der Waals surface area (Å²) < 4.78 is 0. The first-order valence-corrected chi connectivity index (χ1v) is 10.1. The van der Waals surface area contributed by atoms with E-state index in [-0.39, 0.29) is 5.91 Å². The number of nitrogens with one attached hydrogen (secondary N) is 2. The summed E-state index contributed by atoms with van der Waals surface area (Å²) in [6.07, 6.45) is 8.90. The highest BCUT2D eigenvalue weighted by molar-refractivity contribution is 5.92. The molecule has 1 saturated heterocycles. The van der Waals surface area contributed by atoms with Crippen LogP contribution >= 0.6 is 0 Å². The highest BCUT2D eigenvalue weighted by atomic mass is 16.1. The molecule has 1 amide bonds. The predicted molar refractivity (Wildman–Crippen MR) is 112 cm³/mol. The molecule has 1 aromatic heterocycles. The number of carbonyl (C=O) groups is 1.